The third kappa shape index (κ3) is 7.06. The first-order valence-electron chi connectivity index (χ1n) is 6.12. The molecule has 5 nitrogen and oxygen atoms in total. The van der Waals surface area contributed by atoms with Crippen molar-refractivity contribution in [1.82, 2.24) is 4.90 Å². The number of ether oxygens (including phenoxy) is 2. The second kappa shape index (κ2) is 9.65. The number of hydrogen-bond donors (Lipinski definition) is 0. The first-order valence-corrected chi connectivity index (χ1v) is 6.12. The molecule has 1 amide bonds. The van der Waals surface area contributed by atoms with Gasteiger partial charge in [-0.3, -0.25) is 9.59 Å². The van der Waals surface area contributed by atoms with E-state index < -0.39 is 5.97 Å². The van der Waals surface area contributed by atoms with Crippen LogP contribution >= 0.6 is 0 Å². The molecule has 0 saturated heterocycles. The Morgan fingerprint density at radius 3 is 2.61 bits per heavy atom. The number of nitrogens with zero attached hydrogens (tertiary/aromatic N) is 1. The van der Waals surface area contributed by atoms with Crippen molar-refractivity contribution in [2.45, 2.75) is 32.8 Å². The average molecular weight is 257 g/mol. The molecule has 0 saturated carbocycles. The van der Waals surface area contributed by atoms with Gasteiger partial charge < -0.3 is 14.4 Å². The molecular weight excluding hydrogens is 234 g/mol. The third-order valence-corrected chi connectivity index (χ3v) is 2.49. The van der Waals surface area contributed by atoms with E-state index in [1.807, 2.05) is 6.92 Å². The summed E-state index contributed by atoms with van der Waals surface area (Å²) in [6.45, 7) is 7.84. The van der Waals surface area contributed by atoms with Crippen molar-refractivity contribution in [3.05, 3.63) is 12.7 Å². The number of carbonyl (C=O) groups is 2. The maximum Gasteiger partial charge on any atom is 0.325 e. The molecule has 5 heteroatoms. The summed E-state index contributed by atoms with van der Waals surface area (Å²) < 4.78 is 9.90. The van der Waals surface area contributed by atoms with Crippen LogP contribution in [-0.4, -0.2) is 49.7 Å². The molecule has 0 aliphatic carbocycles. The Morgan fingerprint density at radius 2 is 2.11 bits per heavy atom. The summed E-state index contributed by atoms with van der Waals surface area (Å²) in [5, 5.41) is 0. The first kappa shape index (κ1) is 16.6. The number of amides is 1. The minimum atomic E-state index is -0.396. The summed E-state index contributed by atoms with van der Waals surface area (Å²) in [6.07, 6.45) is 2.60. The molecule has 0 aliphatic heterocycles. The molecule has 0 N–H and O–H groups in total. The summed E-state index contributed by atoms with van der Waals surface area (Å²) in [5.74, 6) is -0.487. The molecule has 0 radical (unpaired) electrons. The Balaban J connectivity index is 4.26. The van der Waals surface area contributed by atoms with Gasteiger partial charge in [0.1, 0.15) is 6.54 Å². The van der Waals surface area contributed by atoms with E-state index >= 15 is 0 Å². The second-order valence-corrected chi connectivity index (χ2v) is 3.95. The normalized spacial score (nSPS) is 11.7. The van der Waals surface area contributed by atoms with E-state index in [4.69, 9.17) is 9.47 Å². The topological polar surface area (TPSA) is 55.8 Å². The van der Waals surface area contributed by atoms with E-state index in [9.17, 15) is 9.59 Å². The van der Waals surface area contributed by atoms with E-state index in [1.165, 1.54) is 4.90 Å². The highest BCUT2D eigenvalue weighted by Gasteiger charge is 2.17. The Labute approximate surface area is 109 Å². The third-order valence-electron chi connectivity index (χ3n) is 2.49. The van der Waals surface area contributed by atoms with Crippen LogP contribution in [0.4, 0.5) is 0 Å². The zero-order valence-electron chi connectivity index (χ0n) is 11.5. The summed E-state index contributed by atoms with van der Waals surface area (Å²) in [6, 6.07) is 0. The number of carbonyl (C=O) groups excluding carboxylic acids is 2. The maximum absolute atomic E-state index is 11.9. The molecular formula is C13H23NO4. The summed E-state index contributed by atoms with van der Waals surface area (Å²) >= 11 is 0. The minimum Gasteiger partial charge on any atom is -0.465 e. The molecule has 0 aliphatic rings. The van der Waals surface area contributed by atoms with E-state index in [0.717, 1.165) is 0 Å². The zero-order chi connectivity index (χ0) is 14.0. The summed E-state index contributed by atoms with van der Waals surface area (Å²) in [4.78, 5) is 24.7. The van der Waals surface area contributed by atoms with E-state index in [2.05, 4.69) is 6.58 Å². The van der Waals surface area contributed by atoms with Gasteiger partial charge in [-0.2, -0.15) is 0 Å². The van der Waals surface area contributed by atoms with Gasteiger partial charge in [-0.05, 0) is 20.3 Å². The van der Waals surface area contributed by atoms with E-state index in [-0.39, 0.29) is 18.6 Å². The minimum absolute atomic E-state index is 0.0277. The van der Waals surface area contributed by atoms with Crippen molar-refractivity contribution in [3.63, 3.8) is 0 Å². The van der Waals surface area contributed by atoms with Gasteiger partial charge in [0.25, 0.3) is 0 Å². The Hall–Kier alpha value is -1.36. The molecule has 1 atom stereocenters. The molecule has 0 fully saturated rings. The lowest BCUT2D eigenvalue weighted by Crippen LogP contribution is -2.36. The predicted octanol–water partition coefficient (Wildman–Crippen LogP) is 1.38. The van der Waals surface area contributed by atoms with E-state index in [1.54, 1.807) is 20.1 Å². The van der Waals surface area contributed by atoms with Crippen LogP contribution in [0.2, 0.25) is 0 Å². The van der Waals surface area contributed by atoms with Crippen LogP contribution in [0.5, 0.6) is 0 Å². The molecule has 0 aromatic rings. The monoisotopic (exact) mass is 257 g/mol. The molecule has 0 aromatic heterocycles. The van der Waals surface area contributed by atoms with Gasteiger partial charge in [0.05, 0.1) is 12.7 Å². The van der Waals surface area contributed by atoms with Gasteiger partial charge in [-0.1, -0.05) is 6.08 Å². The van der Waals surface area contributed by atoms with Crippen molar-refractivity contribution >= 4 is 11.9 Å². The SMILES string of the molecule is C=CCN(CC(=O)OCC)C(=O)CCC(C)OC. The number of methoxy groups -OCH3 is 1. The van der Waals surface area contributed by atoms with Crippen molar-refractivity contribution in [2.75, 3.05) is 26.8 Å². The van der Waals surface area contributed by atoms with Crippen molar-refractivity contribution in [3.8, 4) is 0 Å². The Morgan fingerprint density at radius 1 is 1.44 bits per heavy atom. The predicted molar refractivity (Wildman–Crippen MR) is 69.1 cm³/mol. The fourth-order valence-electron chi connectivity index (χ4n) is 1.38. The Kier molecular flexibility index (Phi) is 8.92. The van der Waals surface area contributed by atoms with Crippen molar-refractivity contribution in [1.29, 1.82) is 0 Å². The lowest BCUT2D eigenvalue weighted by atomic mass is 10.2. The van der Waals surface area contributed by atoms with Crippen molar-refractivity contribution < 1.29 is 19.1 Å². The quantitative estimate of drug-likeness (QED) is 0.462. The highest BCUT2D eigenvalue weighted by atomic mass is 16.5. The standard InChI is InChI=1S/C13H23NO4/c1-5-9-14(10-13(16)18-6-2)12(15)8-7-11(3)17-4/h5,11H,1,6-10H2,2-4H3. The molecule has 18 heavy (non-hydrogen) atoms. The highest BCUT2D eigenvalue weighted by Crippen LogP contribution is 2.04. The van der Waals surface area contributed by atoms with Crippen LogP contribution in [0.15, 0.2) is 12.7 Å². The van der Waals surface area contributed by atoms with Gasteiger partial charge in [-0.15, -0.1) is 6.58 Å². The zero-order valence-corrected chi connectivity index (χ0v) is 11.5. The molecule has 0 spiro atoms. The second-order valence-electron chi connectivity index (χ2n) is 3.95. The van der Waals surface area contributed by atoms with E-state index in [0.29, 0.717) is 26.0 Å². The number of rotatable bonds is 9. The largest absolute Gasteiger partial charge is 0.465 e. The van der Waals surface area contributed by atoms with Crippen LogP contribution in [-0.2, 0) is 19.1 Å². The first-order chi connectivity index (χ1) is 8.54. The summed E-state index contributed by atoms with van der Waals surface area (Å²) in [5.41, 5.74) is 0. The van der Waals surface area contributed by atoms with Gasteiger partial charge in [0.2, 0.25) is 5.91 Å². The molecule has 0 heterocycles. The van der Waals surface area contributed by atoms with Crippen LogP contribution in [0.1, 0.15) is 26.7 Å². The molecule has 0 aromatic carbocycles. The van der Waals surface area contributed by atoms with Gasteiger partial charge in [0.15, 0.2) is 0 Å². The molecule has 0 bridgehead atoms. The highest BCUT2D eigenvalue weighted by molar-refractivity contribution is 5.82. The van der Waals surface area contributed by atoms with Gasteiger partial charge in [-0.25, -0.2) is 0 Å². The molecule has 104 valence electrons. The number of esters is 1. The van der Waals surface area contributed by atoms with Crippen LogP contribution in [0.25, 0.3) is 0 Å². The molecule has 1 unspecified atom stereocenters. The Bertz CT molecular complexity index is 278. The van der Waals surface area contributed by atoms with Crippen LogP contribution in [0, 0.1) is 0 Å². The molecule has 0 rings (SSSR count). The summed E-state index contributed by atoms with van der Waals surface area (Å²) in [7, 11) is 1.61. The smallest absolute Gasteiger partial charge is 0.325 e. The lowest BCUT2D eigenvalue weighted by Gasteiger charge is -2.20. The van der Waals surface area contributed by atoms with Crippen LogP contribution in [0.3, 0.4) is 0 Å². The van der Waals surface area contributed by atoms with Crippen LogP contribution < -0.4 is 0 Å². The van der Waals surface area contributed by atoms with Gasteiger partial charge >= 0.3 is 5.97 Å². The number of hydrogen-bond acceptors (Lipinski definition) is 4. The fourth-order valence-corrected chi connectivity index (χ4v) is 1.38. The van der Waals surface area contributed by atoms with Gasteiger partial charge in [0, 0.05) is 20.1 Å². The maximum atomic E-state index is 11.9. The van der Waals surface area contributed by atoms with Crippen molar-refractivity contribution in [2.24, 2.45) is 0 Å². The average Bonchev–Trinajstić information content (AvgIpc) is 2.35. The fraction of sp³-hybridized carbons (Fsp3) is 0.692. The lowest BCUT2D eigenvalue weighted by molar-refractivity contribution is -0.148.